The van der Waals surface area contributed by atoms with E-state index in [1.54, 1.807) is 0 Å². The van der Waals surface area contributed by atoms with Gasteiger partial charge in [-0.3, -0.25) is 0 Å². The molecule has 0 aromatic carbocycles. The summed E-state index contributed by atoms with van der Waals surface area (Å²) in [5.74, 6) is 0.786. The molecule has 0 spiro atoms. The summed E-state index contributed by atoms with van der Waals surface area (Å²) in [6.07, 6.45) is 0. The lowest BCUT2D eigenvalue weighted by atomic mass is 10.2. The summed E-state index contributed by atoms with van der Waals surface area (Å²) >= 11 is 7.07. The van der Waals surface area contributed by atoms with Gasteiger partial charge in [0.05, 0.1) is 5.69 Å². The number of hydrogen-bond acceptors (Lipinski definition) is 6. The van der Waals surface area contributed by atoms with Crippen LogP contribution in [0.5, 0.6) is 0 Å². The van der Waals surface area contributed by atoms with Crippen molar-refractivity contribution >= 4 is 28.1 Å². The quantitative estimate of drug-likeness (QED) is 0.866. The molecule has 0 fully saturated rings. The summed E-state index contributed by atoms with van der Waals surface area (Å²) in [5, 5.41) is 14.0. The number of nitrogens with zero attached hydrogens (tertiary/aromatic N) is 4. The molecule has 0 saturated heterocycles. The first-order valence-electron chi connectivity index (χ1n) is 5.22. The largest absolute Gasteiger partial charge is 0.361 e. The van der Waals surface area contributed by atoms with E-state index in [4.69, 9.17) is 21.4 Å². The number of nitriles is 1. The van der Waals surface area contributed by atoms with Gasteiger partial charge in [-0.15, -0.1) is 0 Å². The Balaban J connectivity index is 2.28. The van der Waals surface area contributed by atoms with Crippen molar-refractivity contribution in [1.29, 1.82) is 5.26 Å². The number of halogens is 1. The first kappa shape index (κ1) is 12.9. The van der Waals surface area contributed by atoms with E-state index in [0.717, 1.165) is 22.0 Å². The minimum atomic E-state index is 0.253. The lowest BCUT2D eigenvalue weighted by molar-refractivity contribution is 0.392. The second kappa shape index (κ2) is 4.96. The molecule has 2 aromatic rings. The molecule has 0 atom stereocenters. The van der Waals surface area contributed by atoms with Crippen LogP contribution in [0, 0.1) is 25.2 Å². The summed E-state index contributed by atoms with van der Waals surface area (Å²) in [4.78, 5) is 1.93. The van der Waals surface area contributed by atoms with Gasteiger partial charge < -0.3 is 9.42 Å². The highest BCUT2D eigenvalue weighted by Crippen LogP contribution is 2.31. The molecule has 0 N–H and O–H groups in total. The molecule has 0 aliphatic carbocycles. The van der Waals surface area contributed by atoms with Crippen LogP contribution in [0.3, 0.4) is 0 Å². The smallest absolute Gasteiger partial charge is 0.162 e. The lowest BCUT2D eigenvalue weighted by Gasteiger charge is -2.16. The molecule has 2 aromatic heterocycles. The van der Waals surface area contributed by atoms with Gasteiger partial charge in [0.2, 0.25) is 0 Å². The molecule has 18 heavy (non-hydrogen) atoms. The van der Waals surface area contributed by atoms with E-state index in [9.17, 15) is 0 Å². The van der Waals surface area contributed by atoms with Gasteiger partial charge in [0.15, 0.2) is 5.15 Å². The summed E-state index contributed by atoms with van der Waals surface area (Å²) in [7, 11) is 1.89. The fourth-order valence-electron chi connectivity index (χ4n) is 1.65. The van der Waals surface area contributed by atoms with E-state index in [0.29, 0.717) is 12.1 Å². The van der Waals surface area contributed by atoms with Crippen LogP contribution in [-0.2, 0) is 6.54 Å². The molecular formula is C11H11ClN4OS. The average molecular weight is 283 g/mol. The number of anilines is 1. The predicted molar refractivity (Wildman–Crippen MR) is 69.9 cm³/mol. The van der Waals surface area contributed by atoms with E-state index >= 15 is 0 Å². The Kier molecular flexibility index (Phi) is 3.55. The van der Waals surface area contributed by atoms with Crippen LogP contribution in [0.4, 0.5) is 5.00 Å². The molecule has 0 saturated carbocycles. The first-order chi connectivity index (χ1) is 8.54. The Labute approximate surface area is 114 Å². The lowest BCUT2D eigenvalue weighted by Crippen LogP contribution is -2.17. The summed E-state index contributed by atoms with van der Waals surface area (Å²) in [6.45, 7) is 4.37. The second-order valence-electron chi connectivity index (χ2n) is 3.92. The maximum absolute atomic E-state index is 9.05. The van der Waals surface area contributed by atoms with Crippen molar-refractivity contribution in [3.63, 3.8) is 0 Å². The molecule has 2 heterocycles. The zero-order chi connectivity index (χ0) is 13.3. The van der Waals surface area contributed by atoms with Crippen molar-refractivity contribution in [3.05, 3.63) is 27.7 Å². The average Bonchev–Trinajstić information content (AvgIpc) is 2.86. The van der Waals surface area contributed by atoms with Crippen LogP contribution < -0.4 is 4.90 Å². The molecule has 0 amide bonds. The van der Waals surface area contributed by atoms with Crippen LogP contribution in [0.2, 0.25) is 5.15 Å². The van der Waals surface area contributed by atoms with Crippen LogP contribution in [0.25, 0.3) is 0 Å². The van der Waals surface area contributed by atoms with Gasteiger partial charge in [-0.2, -0.15) is 9.64 Å². The van der Waals surface area contributed by atoms with Gasteiger partial charge in [-0.1, -0.05) is 16.8 Å². The molecular weight excluding hydrogens is 272 g/mol. The fraction of sp³-hybridized carbons (Fsp3) is 0.364. The minimum Gasteiger partial charge on any atom is -0.361 e. The molecule has 94 valence electrons. The van der Waals surface area contributed by atoms with Gasteiger partial charge in [0.1, 0.15) is 22.4 Å². The number of hydrogen-bond donors (Lipinski definition) is 0. The van der Waals surface area contributed by atoms with Gasteiger partial charge >= 0.3 is 0 Å². The highest BCUT2D eigenvalue weighted by Gasteiger charge is 2.18. The zero-order valence-electron chi connectivity index (χ0n) is 10.2. The van der Waals surface area contributed by atoms with Crippen molar-refractivity contribution < 1.29 is 4.52 Å². The third-order valence-corrected chi connectivity index (χ3v) is 4.00. The zero-order valence-corrected chi connectivity index (χ0v) is 11.8. The normalized spacial score (nSPS) is 10.4. The maximum Gasteiger partial charge on any atom is 0.162 e. The Morgan fingerprint density at radius 1 is 1.50 bits per heavy atom. The van der Waals surface area contributed by atoms with E-state index < -0.39 is 0 Å². The Morgan fingerprint density at radius 2 is 2.22 bits per heavy atom. The summed E-state index contributed by atoms with van der Waals surface area (Å²) in [6, 6.07) is 2.07. The number of aryl methyl sites for hydroxylation is 2. The van der Waals surface area contributed by atoms with Gasteiger partial charge in [0.25, 0.3) is 0 Å². The van der Waals surface area contributed by atoms with E-state index in [1.807, 2.05) is 25.8 Å². The SMILES string of the molecule is Cc1noc(C)c1CN(C)c1snc(Cl)c1C#N. The van der Waals surface area contributed by atoms with E-state index in [2.05, 4.69) is 15.6 Å². The van der Waals surface area contributed by atoms with E-state index in [1.165, 1.54) is 11.5 Å². The maximum atomic E-state index is 9.05. The monoisotopic (exact) mass is 282 g/mol. The van der Waals surface area contributed by atoms with Crippen LogP contribution in [0.15, 0.2) is 4.52 Å². The topological polar surface area (TPSA) is 66.0 Å². The van der Waals surface area contributed by atoms with Crippen molar-refractivity contribution in [3.8, 4) is 6.07 Å². The molecule has 5 nitrogen and oxygen atoms in total. The van der Waals surface area contributed by atoms with Crippen LogP contribution in [0.1, 0.15) is 22.6 Å². The minimum absolute atomic E-state index is 0.253. The standard InChI is InChI=1S/C11H11ClN4OS/c1-6-9(7(2)17-14-6)5-16(3)11-8(4-13)10(12)15-18-11/h5H2,1-3H3. The highest BCUT2D eigenvalue weighted by molar-refractivity contribution is 7.10. The second-order valence-corrected chi connectivity index (χ2v) is 5.03. The van der Waals surface area contributed by atoms with Crippen LogP contribution >= 0.6 is 23.1 Å². The highest BCUT2D eigenvalue weighted by atomic mass is 35.5. The molecule has 0 bridgehead atoms. The Hall–Kier alpha value is -1.58. The molecule has 0 aliphatic heterocycles. The molecule has 2 rings (SSSR count). The third-order valence-electron chi connectivity index (χ3n) is 2.67. The van der Waals surface area contributed by atoms with Gasteiger partial charge in [0, 0.05) is 19.2 Å². The number of rotatable bonds is 3. The molecule has 0 radical (unpaired) electrons. The van der Waals surface area contributed by atoms with Crippen molar-refractivity contribution in [2.75, 3.05) is 11.9 Å². The van der Waals surface area contributed by atoms with Crippen LogP contribution in [-0.4, -0.2) is 16.6 Å². The molecule has 0 unspecified atom stereocenters. The summed E-state index contributed by atoms with van der Waals surface area (Å²) in [5.41, 5.74) is 2.29. The van der Waals surface area contributed by atoms with Crippen molar-refractivity contribution in [2.45, 2.75) is 20.4 Å². The van der Waals surface area contributed by atoms with Crippen molar-refractivity contribution in [2.24, 2.45) is 0 Å². The van der Waals surface area contributed by atoms with Gasteiger partial charge in [-0.05, 0) is 25.4 Å². The third kappa shape index (κ3) is 2.19. The fourth-order valence-corrected chi connectivity index (χ4v) is 2.64. The van der Waals surface area contributed by atoms with Crippen molar-refractivity contribution in [1.82, 2.24) is 9.53 Å². The Morgan fingerprint density at radius 3 is 2.78 bits per heavy atom. The number of aromatic nitrogens is 2. The predicted octanol–water partition coefficient (Wildman–Crippen LogP) is 2.91. The Bertz CT molecular complexity index is 594. The first-order valence-corrected chi connectivity index (χ1v) is 6.38. The molecule has 0 aliphatic rings. The molecule has 7 heteroatoms. The summed E-state index contributed by atoms with van der Waals surface area (Å²) < 4.78 is 9.10. The van der Waals surface area contributed by atoms with E-state index in [-0.39, 0.29) is 5.15 Å². The van der Waals surface area contributed by atoms with Gasteiger partial charge in [-0.25, -0.2) is 0 Å².